The van der Waals surface area contributed by atoms with Crippen LogP contribution in [0.1, 0.15) is 21.5 Å². The van der Waals surface area contributed by atoms with Gasteiger partial charge in [-0.2, -0.15) is 13.2 Å². The Labute approximate surface area is 154 Å². The highest BCUT2D eigenvalue weighted by molar-refractivity contribution is 6.07. The monoisotopic (exact) mass is 384 g/mol. The maximum Gasteiger partial charge on any atom is 0.416 e. The summed E-state index contributed by atoms with van der Waals surface area (Å²) in [5.74, 6) is -0.0369. The standard InChI is InChI=1S/C18H19F3N2O4/c1-25-14-5-4-13(15(26-2)16(14)27-3)17(24)23-12-7-10(9-22)6-11(8-12)18(19,20)21/h4-8H,9,22H2,1-3H3,(H,23,24). The number of amides is 1. The lowest BCUT2D eigenvalue weighted by Crippen LogP contribution is -2.15. The number of hydrogen-bond acceptors (Lipinski definition) is 5. The predicted octanol–water partition coefficient (Wildman–Crippen LogP) is 3.44. The predicted molar refractivity (Wildman–Crippen MR) is 93.4 cm³/mol. The van der Waals surface area contributed by atoms with Gasteiger partial charge in [0.1, 0.15) is 0 Å². The van der Waals surface area contributed by atoms with Crippen molar-refractivity contribution < 1.29 is 32.2 Å². The zero-order valence-electron chi connectivity index (χ0n) is 14.9. The van der Waals surface area contributed by atoms with Crippen LogP contribution in [0.15, 0.2) is 30.3 Å². The molecule has 1 amide bonds. The minimum Gasteiger partial charge on any atom is -0.493 e. The van der Waals surface area contributed by atoms with Crippen LogP contribution in [0, 0.1) is 0 Å². The number of carbonyl (C=O) groups is 1. The number of anilines is 1. The molecule has 2 rings (SSSR count). The summed E-state index contributed by atoms with van der Waals surface area (Å²) in [4.78, 5) is 12.6. The Hall–Kier alpha value is -2.94. The van der Waals surface area contributed by atoms with Crippen LogP contribution in [0.4, 0.5) is 18.9 Å². The smallest absolute Gasteiger partial charge is 0.416 e. The molecule has 27 heavy (non-hydrogen) atoms. The molecule has 0 aliphatic heterocycles. The molecule has 0 radical (unpaired) electrons. The number of nitrogens with two attached hydrogens (primary N) is 1. The van der Waals surface area contributed by atoms with Crippen molar-refractivity contribution in [2.75, 3.05) is 26.6 Å². The molecule has 0 bridgehead atoms. The van der Waals surface area contributed by atoms with E-state index in [9.17, 15) is 18.0 Å². The topological polar surface area (TPSA) is 82.8 Å². The summed E-state index contributed by atoms with van der Waals surface area (Å²) in [5, 5.41) is 2.44. The average molecular weight is 384 g/mol. The van der Waals surface area contributed by atoms with Crippen LogP contribution in [0.3, 0.4) is 0 Å². The maximum absolute atomic E-state index is 13.0. The first-order valence-corrected chi connectivity index (χ1v) is 7.76. The van der Waals surface area contributed by atoms with Gasteiger partial charge in [0.05, 0.1) is 32.5 Å². The van der Waals surface area contributed by atoms with Crippen LogP contribution in [0.2, 0.25) is 0 Å². The highest BCUT2D eigenvalue weighted by atomic mass is 19.4. The molecule has 0 aliphatic carbocycles. The van der Waals surface area contributed by atoms with Gasteiger partial charge in [-0.3, -0.25) is 4.79 Å². The van der Waals surface area contributed by atoms with Crippen LogP contribution in [-0.2, 0) is 12.7 Å². The number of nitrogens with one attached hydrogen (secondary N) is 1. The second-order valence-corrected chi connectivity index (χ2v) is 5.46. The lowest BCUT2D eigenvalue weighted by atomic mass is 10.1. The van der Waals surface area contributed by atoms with E-state index in [0.717, 1.165) is 12.1 Å². The quantitative estimate of drug-likeness (QED) is 0.797. The summed E-state index contributed by atoms with van der Waals surface area (Å²) in [5.41, 5.74) is 4.83. The molecule has 0 heterocycles. The van der Waals surface area contributed by atoms with Gasteiger partial charge in [-0.25, -0.2) is 0 Å². The van der Waals surface area contributed by atoms with Crippen molar-refractivity contribution in [2.45, 2.75) is 12.7 Å². The third-order valence-electron chi connectivity index (χ3n) is 3.76. The first-order valence-electron chi connectivity index (χ1n) is 7.76. The normalized spacial score (nSPS) is 11.1. The van der Waals surface area contributed by atoms with Gasteiger partial charge < -0.3 is 25.3 Å². The number of rotatable bonds is 6. The molecule has 6 nitrogen and oxygen atoms in total. The van der Waals surface area contributed by atoms with Crippen LogP contribution in [-0.4, -0.2) is 27.2 Å². The lowest BCUT2D eigenvalue weighted by molar-refractivity contribution is -0.137. The molecule has 0 atom stereocenters. The molecular weight excluding hydrogens is 365 g/mol. The van der Waals surface area contributed by atoms with Crippen molar-refractivity contribution in [2.24, 2.45) is 5.73 Å². The van der Waals surface area contributed by atoms with Gasteiger partial charge in [0.25, 0.3) is 5.91 Å². The molecule has 0 aromatic heterocycles. The van der Waals surface area contributed by atoms with Gasteiger partial charge in [-0.15, -0.1) is 0 Å². The first-order chi connectivity index (χ1) is 12.7. The fourth-order valence-electron chi connectivity index (χ4n) is 2.52. The molecule has 0 saturated carbocycles. The third-order valence-corrected chi connectivity index (χ3v) is 3.76. The van der Waals surface area contributed by atoms with E-state index in [-0.39, 0.29) is 34.9 Å². The van der Waals surface area contributed by atoms with Gasteiger partial charge in [0.2, 0.25) is 5.75 Å². The molecule has 3 N–H and O–H groups in total. The Morgan fingerprint density at radius 2 is 1.70 bits per heavy atom. The fraction of sp³-hybridized carbons (Fsp3) is 0.278. The minimum atomic E-state index is -4.56. The number of methoxy groups -OCH3 is 3. The van der Waals surface area contributed by atoms with Crippen molar-refractivity contribution >= 4 is 11.6 Å². The average Bonchev–Trinajstić information content (AvgIpc) is 2.65. The summed E-state index contributed by atoms with van der Waals surface area (Å²) < 4.78 is 54.7. The largest absolute Gasteiger partial charge is 0.493 e. The number of alkyl halides is 3. The molecule has 0 aliphatic rings. The molecule has 9 heteroatoms. The summed E-state index contributed by atoms with van der Waals surface area (Å²) in [7, 11) is 4.14. The number of benzene rings is 2. The Bertz CT molecular complexity index is 838. The van der Waals surface area contributed by atoms with Crippen molar-refractivity contribution in [3.63, 3.8) is 0 Å². The number of carbonyl (C=O) groups excluding carboxylic acids is 1. The second-order valence-electron chi connectivity index (χ2n) is 5.46. The van der Waals surface area contributed by atoms with E-state index in [4.69, 9.17) is 19.9 Å². The molecular formula is C18H19F3N2O4. The maximum atomic E-state index is 13.0. The van der Waals surface area contributed by atoms with Crippen molar-refractivity contribution in [1.82, 2.24) is 0 Å². The van der Waals surface area contributed by atoms with E-state index in [2.05, 4.69) is 5.32 Å². The highest BCUT2D eigenvalue weighted by Crippen LogP contribution is 2.40. The van der Waals surface area contributed by atoms with Gasteiger partial charge in [-0.1, -0.05) is 0 Å². The summed E-state index contributed by atoms with van der Waals surface area (Å²) in [6.07, 6.45) is -4.56. The molecule has 0 fully saturated rings. The van der Waals surface area contributed by atoms with E-state index in [1.807, 2.05) is 0 Å². The summed E-state index contributed by atoms with van der Waals surface area (Å²) in [6.45, 7) is -0.105. The zero-order chi connectivity index (χ0) is 20.2. The van der Waals surface area contributed by atoms with Crippen molar-refractivity contribution in [1.29, 1.82) is 0 Å². The van der Waals surface area contributed by atoms with Crippen LogP contribution in [0.5, 0.6) is 17.2 Å². The molecule has 0 spiro atoms. The van der Waals surface area contributed by atoms with E-state index in [1.165, 1.54) is 39.5 Å². The fourth-order valence-corrected chi connectivity index (χ4v) is 2.52. The zero-order valence-corrected chi connectivity index (χ0v) is 14.9. The lowest BCUT2D eigenvalue weighted by Gasteiger charge is -2.16. The van der Waals surface area contributed by atoms with E-state index < -0.39 is 17.6 Å². The summed E-state index contributed by atoms with van der Waals surface area (Å²) in [6, 6.07) is 6.07. The van der Waals surface area contributed by atoms with Gasteiger partial charge in [0.15, 0.2) is 11.5 Å². The summed E-state index contributed by atoms with van der Waals surface area (Å²) >= 11 is 0. The Kier molecular flexibility index (Phi) is 6.17. The SMILES string of the molecule is COc1ccc(C(=O)Nc2cc(CN)cc(C(F)(F)F)c2)c(OC)c1OC. The number of ether oxygens (including phenoxy) is 3. The van der Waals surface area contributed by atoms with Crippen LogP contribution >= 0.6 is 0 Å². The highest BCUT2D eigenvalue weighted by Gasteiger charge is 2.31. The second kappa shape index (κ2) is 8.17. The Morgan fingerprint density at radius 3 is 2.22 bits per heavy atom. The molecule has 146 valence electrons. The van der Waals surface area contributed by atoms with Gasteiger partial charge in [0, 0.05) is 12.2 Å². The van der Waals surface area contributed by atoms with E-state index in [1.54, 1.807) is 0 Å². The van der Waals surface area contributed by atoms with E-state index >= 15 is 0 Å². The van der Waals surface area contributed by atoms with Gasteiger partial charge >= 0.3 is 6.18 Å². The Morgan fingerprint density at radius 1 is 1.04 bits per heavy atom. The molecule has 0 saturated heterocycles. The Balaban J connectivity index is 2.43. The van der Waals surface area contributed by atoms with E-state index in [0.29, 0.717) is 5.75 Å². The molecule has 0 unspecified atom stereocenters. The van der Waals surface area contributed by atoms with Crippen LogP contribution in [0.25, 0.3) is 0 Å². The molecule has 2 aromatic carbocycles. The number of halogens is 3. The van der Waals surface area contributed by atoms with Crippen LogP contribution < -0.4 is 25.3 Å². The van der Waals surface area contributed by atoms with Crippen molar-refractivity contribution in [3.05, 3.63) is 47.0 Å². The third kappa shape index (κ3) is 4.43. The molecule has 2 aromatic rings. The van der Waals surface area contributed by atoms with Crippen molar-refractivity contribution in [3.8, 4) is 17.2 Å². The van der Waals surface area contributed by atoms with Gasteiger partial charge in [-0.05, 0) is 35.9 Å². The minimum absolute atomic E-state index is 0.0351. The number of hydrogen-bond donors (Lipinski definition) is 2. The first kappa shape index (κ1) is 20.4.